The highest BCUT2D eigenvalue weighted by Gasteiger charge is 2.43. The Balaban J connectivity index is 2.03. The molecule has 0 spiro atoms. The Kier molecular flexibility index (Phi) is 7.50. The van der Waals surface area contributed by atoms with Gasteiger partial charge in [-0.1, -0.05) is 44.2 Å². The molecular weight excluding hydrogens is 486 g/mol. The number of ether oxygens (including phenoxy) is 2. The van der Waals surface area contributed by atoms with Crippen molar-refractivity contribution < 1.29 is 24.2 Å². The average molecular weight is 516 g/mol. The van der Waals surface area contributed by atoms with Gasteiger partial charge in [-0.15, -0.1) is 0 Å². The van der Waals surface area contributed by atoms with Crippen molar-refractivity contribution in [2.45, 2.75) is 32.2 Å². The minimum absolute atomic E-state index is 0.0207. The molecule has 0 bridgehead atoms. The zero-order valence-electron chi connectivity index (χ0n) is 21.6. The number of methoxy groups -OCH3 is 2. The number of esters is 2. The van der Waals surface area contributed by atoms with Crippen molar-refractivity contribution in [3.05, 3.63) is 82.6 Å². The van der Waals surface area contributed by atoms with Crippen LogP contribution in [0, 0.1) is 11.3 Å². The SMILES string of the molecule is COC(=O)C1=C(C(=O)OC)N(c2ccc3c(c2)nc(C(C)C)n3CCO)C(N)=C(C#N)C1c1ccccc1. The maximum absolute atomic E-state index is 13.3. The number of carbonyl (C=O) groups is 2. The van der Waals surface area contributed by atoms with Crippen molar-refractivity contribution >= 4 is 28.7 Å². The van der Waals surface area contributed by atoms with Gasteiger partial charge >= 0.3 is 11.9 Å². The molecule has 0 amide bonds. The van der Waals surface area contributed by atoms with E-state index in [2.05, 4.69) is 6.07 Å². The lowest BCUT2D eigenvalue weighted by atomic mass is 9.81. The van der Waals surface area contributed by atoms with Gasteiger partial charge in [0.05, 0.1) is 60.7 Å². The van der Waals surface area contributed by atoms with Crippen LogP contribution in [-0.4, -0.2) is 47.4 Å². The van der Waals surface area contributed by atoms with Gasteiger partial charge in [-0.2, -0.15) is 5.26 Å². The lowest BCUT2D eigenvalue weighted by molar-refractivity contribution is -0.139. The van der Waals surface area contributed by atoms with E-state index >= 15 is 0 Å². The van der Waals surface area contributed by atoms with Gasteiger partial charge in [0, 0.05) is 12.5 Å². The lowest BCUT2D eigenvalue weighted by Crippen LogP contribution is -2.40. The number of imidazole rings is 1. The highest BCUT2D eigenvalue weighted by atomic mass is 16.5. The van der Waals surface area contributed by atoms with E-state index in [1.165, 1.54) is 19.1 Å². The van der Waals surface area contributed by atoms with Gasteiger partial charge in [0.1, 0.15) is 17.3 Å². The van der Waals surface area contributed by atoms with E-state index in [-0.39, 0.29) is 35.2 Å². The second-order valence-electron chi connectivity index (χ2n) is 9.01. The fraction of sp³-hybridized carbons (Fsp3) is 0.286. The first kappa shape index (κ1) is 26.4. The van der Waals surface area contributed by atoms with Crippen molar-refractivity contribution in [1.29, 1.82) is 5.26 Å². The van der Waals surface area contributed by atoms with E-state index in [0.29, 0.717) is 23.3 Å². The van der Waals surface area contributed by atoms with Crippen LogP contribution in [0.15, 0.2) is 71.2 Å². The minimum Gasteiger partial charge on any atom is -0.466 e. The monoisotopic (exact) mass is 515 g/mol. The van der Waals surface area contributed by atoms with Gasteiger partial charge in [-0.3, -0.25) is 4.90 Å². The van der Waals surface area contributed by atoms with Crippen LogP contribution in [0.1, 0.15) is 37.1 Å². The summed E-state index contributed by atoms with van der Waals surface area (Å²) in [7, 11) is 2.41. The predicted octanol–water partition coefficient (Wildman–Crippen LogP) is 3.05. The fourth-order valence-corrected chi connectivity index (χ4v) is 4.83. The van der Waals surface area contributed by atoms with Crippen LogP contribution in [0.2, 0.25) is 0 Å². The number of anilines is 1. The van der Waals surface area contributed by atoms with Crippen LogP contribution in [0.5, 0.6) is 0 Å². The molecule has 3 aromatic rings. The summed E-state index contributed by atoms with van der Waals surface area (Å²) >= 11 is 0. The number of nitrogens with zero attached hydrogens (tertiary/aromatic N) is 4. The molecular formula is C28H29N5O5. The summed E-state index contributed by atoms with van der Waals surface area (Å²) in [6.07, 6.45) is 0. The van der Waals surface area contributed by atoms with Crippen molar-refractivity contribution in [3.63, 3.8) is 0 Å². The van der Waals surface area contributed by atoms with E-state index in [1.807, 2.05) is 18.4 Å². The van der Waals surface area contributed by atoms with Crippen molar-refractivity contribution in [2.75, 3.05) is 25.7 Å². The number of fused-ring (bicyclic) bond motifs is 1. The van der Waals surface area contributed by atoms with Crippen LogP contribution in [0.25, 0.3) is 11.0 Å². The number of aliphatic hydroxyl groups excluding tert-OH is 1. The first-order valence-corrected chi connectivity index (χ1v) is 12.1. The van der Waals surface area contributed by atoms with E-state index in [1.54, 1.807) is 48.5 Å². The number of allylic oxidation sites excluding steroid dienone is 1. The molecule has 10 heteroatoms. The number of carbonyl (C=O) groups excluding carboxylic acids is 2. The first-order valence-electron chi connectivity index (χ1n) is 12.1. The van der Waals surface area contributed by atoms with Crippen LogP contribution < -0.4 is 10.6 Å². The largest absolute Gasteiger partial charge is 0.466 e. The molecule has 2 aromatic carbocycles. The Hall–Kier alpha value is -4.62. The third kappa shape index (κ3) is 4.37. The summed E-state index contributed by atoms with van der Waals surface area (Å²) in [6, 6.07) is 16.2. The number of aromatic nitrogens is 2. The lowest BCUT2D eigenvalue weighted by Gasteiger charge is -2.35. The van der Waals surface area contributed by atoms with Crippen LogP contribution in [0.4, 0.5) is 5.69 Å². The molecule has 38 heavy (non-hydrogen) atoms. The third-order valence-electron chi connectivity index (χ3n) is 6.47. The van der Waals surface area contributed by atoms with Gasteiger partial charge in [0.2, 0.25) is 0 Å². The Bertz CT molecular complexity index is 1500. The summed E-state index contributed by atoms with van der Waals surface area (Å²) in [5, 5.41) is 19.8. The number of rotatable bonds is 7. The Morgan fingerprint density at radius 3 is 2.39 bits per heavy atom. The van der Waals surface area contributed by atoms with E-state index in [0.717, 1.165) is 11.3 Å². The Morgan fingerprint density at radius 1 is 1.13 bits per heavy atom. The van der Waals surface area contributed by atoms with Crippen LogP contribution in [0.3, 0.4) is 0 Å². The topological polar surface area (TPSA) is 144 Å². The zero-order chi connectivity index (χ0) is 27.6. The molecule has 0 aliphatic carbocycles. The second-order valence-corrected chi connectivity index (χ2v) is 9.01. The van der Waals surface area contributed by atoms with Gasteiger partial charge in [0.25, 0.3) is 0 Å². The van der Waals surface area contributed by atoms with Gasteiger partial charge in [-0.25, -0.2) is 14.6 Å². The third-order valence-corrected chi connectivity index (χ3v) is 6.47. The molecule has 3 N–H and O–H groups in total. The predicted molar refractivity (Wildman–Crippen MR) is 140 cm³/mol. The molecule has 0 saturated carbocycles. The maximum atomic E-state index is 13.3. The van der Waals surface area contributed by atoms with Crippen molar-refractivity contribution in [3.8, 4) is 6.07 Å². The highest BCUT2D eigenvalue weighted by Crippen LogP contribution is 2.43. The summed E-state index contributed by atoms with van der Waals surface area (Å²) in [5.74, 6) is -1.70. The van der Waals surface area contributed by atoms with Crippen molar-refractivity contribution in [2.24, 2.45) is 5.73 Å². The number of hydrogen-bond donors (Lipinski definition) is 2. The molecule has 1 unspecified atom stereocenters. The maximum Gasteiger partial charge on any atom is 0.355 e. The van der Waals surface area contributed by atoms with E-state index < -0.39 is 17.9 Å². The number of hydrogen-bond acceptors (Lipinski definition) is 9. The van der Waals surface area contributed by atoms with Crippen LogP contribution in [-0.2, 0) is 25.6 Å². The van der Waals surface area contributed by atoms with Crippen molar-refractivity contribution in [1.82, 2.24) is 9.55 Å². The summed E-state index contributed by atoms with van der Waals surface area (Å²) in [5.41, 5.74) is 8.83. The quantitative estimate of drug-likeness (QED) is 0.454. The highest BCUT2D eigenvalue weighted by molar-refractivity contribution is 6.06. The molecule has 2 heterocycles. The molecule has 1 aliphatic heterocycles. The molecule has 1 aromatic heterocycles. The average Bonchev–Trinajstić information content (AvgIpc) is 3.30. The molecule has 10 nitrogen and oxygen atoms in total. The summed E-state index contributed by atoms with van der Waals surface area (Å²) < 4.78 is 12.1. The molecule has 0 radical (unpaired) electrons. The minimum atomic E-state index is -0.945. The number of nitrogens with two attached hydrogens (primary N) is 1. The standard InChI is InChI=1S/C28H29N5O5/c1-16(2)26-31-20-14-18(10-11-21(20)32(26)12-13-34)33-24(28(36)38-4)23(27(35)37-3)22(19(15-29)25(33)30)17-8-6-5-7-9-17/h5-11,14,16,22,34H,12-13,30H2,1-4H3. The second kappa shape index (κ2) is 10.8. The number of aliphatic hydroxyl groups is 1. The van der Waals surface area contributed by atoms with Gasteiger partial charge in [0.15, 0.2) is 0 Å². The van der Waals surface area contributed by atoms with Crippen LogP contribution >= 0.6 is 0 Å². The number of nitriles is 1. The molecule has 0 fully saturated rings. The molecule has 4 rings (SSSR count). The first-order chi connectivity index (χ1) is 18.3. The van der Waals surface area contributed by atoms with Gasteiger partial charge < -0.3 is 24.9 Å². The molecule has 1 atom stereocenters. The fourth-order valence-electron chi connectivity index (χ4n) is 4.83. The Morgan fingerprint density at radius 2 is 1.82 bits per heavy atom. The smallest absolute Gasteiger partial charge is 0.355 e. The summed E-state index contributed by atoms with van der Waals surface area (Å²) in [6.45, 7) is 4.32. The van der Waals surface area contributed by atoms with E-state index in [9.17, 15) is 20.0 Å². The molecule has 0 saturated heterocycles. The normalized spacial score (nSPS) is 15.7. The molecule has 1 aliphatic rings. The zero-order valence-corrected chi connectivity index (χ0v) is 21.6. The van der Waals surface area contributed by atoms with Gasteiger partial charge in [-0.05, 0) is 23.8 Å². The Labute approximate surface area is 220 Å². The van der Waals surface area contributed by atoms with E-state index in [4.69, 9.17) is 20.2 Å². The number of benzene rings is 2. The summed E-state index contributed by atoms with van der Waals surface area (Å²) in [4.78, 5) is 32.6. The molecule has 196 valence electrons.